The lowest BCUT2D eigenvalue weighted by atomic mass is 9.92. The number of hydrogen-bond acceptors (Lipinski definition) is 5. The second kappa shape index (κ2) is 8.79. The van der Waals surface area contributed by atoms with E-state index in [9.17, 15) is 27.5 Å². The van der Waals surface area contributed by atoms with Gasteiger partial charge >= 0.3 is 6.18 Å². The van der Waals surface area contributed by atoms with E-state index in [4.69, 9.17) is 16.1 Å². The van der Waals surface area contributed by atoms with Gasteiger partial charge in [-0.15, -0.1) is 0 Å². The van der Waals surface area contributed by atoms with Crippen molar-refractivity contribution >= 4 is 17.5 Å². The van der Waals surface area contributed by atoms with Gasteiger partial charge in [-0.05, 0) is 38.3 Å². The molecule has 3 aromatic rings. The van der Waals surface area contributed by atoms with E-state index in [0.717, 1.165) is 18.7 Å². The molecule has 0 saturated heterocycles. The first-order chi connectivity index (χ1) is 15.6. The lowest BCUT2D eigenvalue weighted by Crippen LogP contribution is -2.39. The molecule has 0 radical (unpaired) electrons. The minimum atomic E-state index is -4.90. The van der Waals surface area contributed by atoms with Crippen LogP contribution in [-0.4, -0.2) is 38.1 Å². The monoisotopic (exact) mass is 486 g/mol. The fourth-order valence-corrected chi connectivity index (χ4v) is 3.88. The summed E-state index contributed by atoms with van der Waals surface area (Å²) >= 11 is 6.13. The molecule has 0 bridgehead atoms. The number of halogens is 5. The number of benzene rings is 1. The van der Waals surface area contributed by atoms with E-state index in [-0.39, 0.29) is 27.9 Å². The average Bonchev–Trinajstić information content (AvgIpc) is 3.28. The van der Waals surface area contributed by atoms with Gasteiger partial charge in [0.25, 0.3) is 5.91 Å². The molecule has 1 atom stereocenters. The van der Waals surface area contributed by atoms with Gasteiger partial charge in [0.2, 0.25) is 0 Å². The van der Waals surface area contributed by atoms with Crippen molar-refractivity contribution in [1.82, 2.24) is 20.3 Å². The van der Waals surface area contributed by atoms with Crippen LogP contribution in [0.5, 0.6) is 0 Å². The van der Waals surface area contributed by atoms with Gasteiger partial charge < -0.3 is 14.9 Å². The normalized spacial score (nSPS) is 15.4. The van der Waals surface area contributed by atoms with Gasteiger partial charge in [0.05, 0.1) is 35.0 Å². The number of amides is 1. The Morgan fingerprint density at radius 2 is 2.12 bits per heavy atom. The van der Waals surface area contributed by atoms with E-state index in [1.165, 1.54) is 19.1 Å². The predicted molar refractivity (Wildman–Crippen MR) is 110 cm³/mol. The van der Waals surface area contributed by atoms with Gasteiger partial charge in [-0.3, -0.25) is 9.48 Å². The number of hydrogen-bond donors (Lipinski definition) is 2. The molecule has 1 unspecified atom stereocenters. The molecule has 33 heavy (non-hydrogen) atoms. The van der Waals surface area contributed by atoms with Gasteiger partial charge in [-0.25, -0.2) is 4.39 Å². The molecule has 1 saturated carbocycles. The van der Waals surface area contributed by atoms with Gasteiger partial charge in [0.1, 0.15) is 17.1 Å². The van der Waals surface area contributed by atoms with Crippen molar-refractivity contribution in [3.8, 4) is 22.6 Å². The molecule has 0 aliphatic heterocycles. The number of carbonyl (C=O) groups excluding carboxylic acids is 1. The lowest BCUT2D eigenvalue weighted by molar-refractivity contribution is -0.144. The maximum absolute atomic E-state index is 14.6. The molecule has 176 valence electrons. The van der Waals surface area contributed by atoms with Crippen LogP contribution in [-0.2, 0) is 12.7 Å². The molecule has 2 aromatic heterocycles. The number of aromatic nitrogens is 3. The highest BCUT2D eigenvalue weighted by molar-refractivity contribution is 6.33. The second-order valence-corrected chi connectivity index (χ2v) is 8.28. The summed E-state index contributed by atoms with van der Waals surface area (Å²) in [6.07, 6.45) is -2.82. The van der Waals surface area contributed by atoms with Crippen LogP contribution >= 0.6 is 11.6 Å². The van der Waals surface area contributed by atoms with Crippen molar-refractivity contribution in [2.45, 2.75) is 51.1 Å². The molecule has 1 aliphatic carbocycles. The summed E-state index contributed by atoms with van der Waals surface area (Å²) in [5.41, 5.74) is -2.76. The third-order valence-corrected chi connectivity index (χ3v) is 5.66. The van der Waals surface area contributed by atoms with Crippen molar-refractivity contribution in [3.05, 3.63) is 46.5 Å². The third-order valence-electron chi connectivity index (χ3n) is 5.35. The molecule has 1 fully saturated rings. The summed E-state index contributed by atoms with van der Waals surface area (Å²) < 4.78 is 62.3. The first-order valence-corrected chi connectivity index (χ1v) is 10.5. The Balaban J connectivity index is 1.92. The highest BCUT2D eigenvalue weighted by Crippen LogP contribution is 2.42. The van der Waals surface area contributed by atoms with E-state index in [1.807, 2.05) is 0 Å². The molecule has 4 rings (SSSR count). The predicted octanol–water partition coefficient (Wildman–Crippen LogP) is 4.68. The molecule has 1 aromatic carbocycles. The lowest BCUT2D eigenvalue weighted by Gasteiger charge is -2.26. The van der Waals surface area contributed by atoms with Gasteiger partial charge in [0.15, 0.2) is 11.5 Å². The summed E-state index contributed by atoms with van der Waals surface area (Å²) in [4.78, 5) is 13.1. The Morgan fingerprint density at radius 1 is 1.39 bits per heavy atom. The maximum Gasteiger partial charge on any atom is 0.433 e. The second-order valence-electron chi connectivity index (χ2n) is 7.87. The Bertz CT molecular complexity index is 1160. The number of aliphatic hydroxyl groups excluding tert-OH is 1. The van der Waals surface area contributed by atoms with Crippen LogP contribution in [0.4, 0.5) is 17.6 Å². The van der Waals surface area contributed by atoms with Crippen LogP contribution in [0, 0.1) is 5.82 Å². The van der Waals surface area contributed by atoms with Crippen molar-refractivity contribution in [2.75, 3.05) is 0 Å². The van der Waals surface area contributed by atoms with Crippen LogP contribution in [0.3, 0.4) is 0 Å². The largest absolute Gasteiger partial charge is 0.433 e. The van der Waals surface area contributed by atoms with Crippen LogP contribution in [0.2, 0.25) is 5.02 Å². The van der Waals surface area contributed by atoms with E-state index >= 15 is 0 Å². The zero-order valence-corrected chi connectivity index (χ0v) is 18.0. The van der Waals surface area contributed by atoms with Crippen LogP contribution in [0.25, 0.3) is 22.6 Å². The summed E-state index contributed by atoms with van der Waals surface area (Å²) in [6.45, 7) is 0.865. The zero-order chi connectivity index (χ0) is 23.9. The minimum absolute atomic E-state index is 0.0895. The summed E-state index contributed by atoms with van der Waals surface area (Å²) in [6, 6.07) is 3.64. The minimum Gasteiger partial charge on any atom is -0.391 e. The smallest absolute Gasteiger partial charge is 0.391 e. The Labute approximate surface area is 190 Å². The third kappa shape index (κ3) is 4.47. The topological polar surface area (TPSA) is 93.2 Å². The molecule has 2 heterocycles. The van der Waals surface area contributed by atoms with Crippen LogP contribution in [0.1, 0.15) is 42.2 Å². The first-order valence-electron chi connectivity index (χ1n) is 10.1. The quantitative estimate of drug-likeness (QED) is 0.493. The zero-order valence-electron chi connectivity index (χ0n) is 17.3. The Hall–Kier alpha value is -2.92. The van der Waals surface area contributed by atoms with Gasteiger partial charge in [0, 0.05) is 6.04 Å². The molecule has 1 amide bonds. The fourth-order valence-electron chi connectivity index (χ4n) is 3.63. The van der Waals surface area contributed by atoms with Crippen LogP contribution < -0.4 is 5.32 Å². The molecular weight excluding hydrogens is 468 g/mol. The van der Waals surface area contributed by atoms with Gasteiger partial charge in [-0.2, -0.15) is 18.3 Å². The van der Waals surface area contributed by atoms with E-state index in [2.05, 4.69) is 15.6 Å². The fraction of sp³-hybridized carbons (Fsp3) is 0.381. The highest BCUT2D eigenvalue weighted by Gasteiger charge is 2.42. The van der Waals surface area contributed by atoms with Gasteiger partial charge in [-0.1, -0.05) is 22.8 Å². The molecule has 2 N–H and O–H groups in total. The number of alkyl halides is 3. The summed E-state index contributed by atoms with van der Waals surface area (Å²) in [5.74, 6) is -2.10. The SMILES string of the molecule is CC(O)Cn1ncc(-c2onc(-c3c(F)cccc3Cl)c2C(=O)NC2CCC2)c1C(F)(F)F. The molecule has 0 spiro atoms. The number of nitrogens with one attached hydrogen (secondary N) is 1. The molecular formula is C21H19ClF4N4O3. The van der Waals surface area contributed by atoms with Crippen molar-refractivity contribution in [2.24, 2.45) is 0 Å². The Kier molecular flexibility index (Phi) is 6.19. The highest BCUT2D eigenvalue weighted by atomic mass is 35.5. The molecule has 1 aliphatic rings. The van der Waals surface area contributed by atoms with Crippen molar-refractivity contribution < 1.29 is 32.0 Å². The first kappa shape index (κ1) is 23.2. The molecule has 7 nitrogen and oxygen atoms in total. The number of carbonyl (C=O) groups is 1. The average molecular weight is 487 g/mol. The van der Waals surface area contributed by atoms with Crippen LogP contribution in [0.15, 0.2) is 28.9 Å². The summed E-state index contributed by atoms with van der Waals surface area (Å²) in [5, 5.41) is 19.7. The number of rotatable bonds is 6. The van der Waals surface area contributed by atoms with E-state index in [1.54, 1.807) is 0 Å². The van der Waals surface area contributed by atoms with E-state index < -0.39 is 47.6 Å². The van der Waals surface area contributed by atoms with Crippen molar-refractivity contribution in [1.29, 1.82) is 0 Å². The maximum atomic E-state index is 14.6. The summed E-state index contributed by atoms with van der Waals surface area (Å²) in [7, 11) is 0. The number of aliphatic hydroxyl groups is 1. The Morgan fingerprint density at radius 3 is 2.70 bits per heavy atom. The standard InChI is InChI=1S/C21H19ClF4N4O3/c1-10(31)9-30-19(21(24,25)26)12(8-27-30)18-16(20(32)28-11-4-2-5-11)17(29-33-18)15-13(22)6-3-7-14(15)23/h3,6-8,10-11,31H,2,4-5,9H2,1H3,(H,28,32). The van der Waals surface area contributed by atoms with Crippen molar-refractivity contribution in [3.63, 3.8) is 0 Å². The number of nitrogens with zero attached hydrogens (tertiary/aromatic N) is 3. The molecule has 12 heteroatoms. The van der Waals surface area contributed by atoms with E-state index in [0.29, 0.717) is 17.5 Å².